The first-order valence-corrected chi connectivity index (χ1v) is 8.92. The normalized spacial score (nSPS) is 14.4. The van der Waals surface area contributed by atoms with E-state index in [1.54, 1.807) is 6.07 Å². The van der Waals surface area contributed by atoms with Gasteiger partial charge in [0.2, 0.25) is 5.91 Å². The fourth-order valence-electron chi connectivity index (χ4n) is 3.03. The summed E-state index contributed by atoms with van der Waals surface area (Å²) in [4.78, 5) is 39.8. The Balaban J connectivity index is 1.56. The molecule has 0 atom stereocenters. The lowest BCUT2D eigenvalue weighted by molar-refractivity contribution is -0.157. The first-order valence-electron chi connectivity index (χ1n) is 8.92. The summed E-state index contributed by atoms with van der Waals surface area (Å²) in [7, 11) is 0. The van der Waals surface area contributed by atoms with Gasteiger partial charge in [0.05, 0.1) is 0 Å². The second-order valence-electron chi connectivity index (χ2n) is 6.86. The summed E-state index contributed by atoms with van der Waals surface area (Å²) in [5, 5.41) is 2.76. The lowest BCUT2D eigenvalue weighted by atomic mass is 10.1. The zero-order chi connectivity index (χ0) is 19.4. The van der Waals surface area contributed by atoms with Crippen LogP contribution in [0.25, 0.3) is 0 Å². The predicted octanol–water partition coefficient (Wildman–Crippen LogP) is 2.11. The number of hydrogen-bond acceptors (Lipinski definition) is 3. The standard InChI is InChI=1S/C21H23N3O3/c1-15-6-8-17(9-7-15)13-23-10-11-24(21(27)20(23)26)14-19(25)22-18-5-3-4-16(2)12-18/h3-9,12H,10-11,13-14H2,1-2H3,(H,22,25). The largest absolute Gasteiger partial charge is 0.328 e. The molecule has 1 N–H and O–H groups in total. The zero-order valence-corrected chi connectivity index (χ0v) is 15.6. The molecule has 0 aromatic heterocycles. The highest BCUT2D eigenvalue weighted by Gasteiger charge is 2.33. The van der Waals surface area contributed by atoms with Crippen LogP contribution in [0.15, 0.2) is 48.5 Å². The van der Waals surface area contributed by atoms with Crippen LogP contribution in [0.1, 0.15) is 16.7 Å². The van der Waals surface area contributed by atoms with E-state index >= 15 is 0 Å². The van der Waals surface area contributed by atoms with Crippen molar-refractivity contribution in [1.82, 2.24) is 9.80 Å². The van der Waals surface area contributed by atoms with Crippen LogP contribution in [0.4, 0.5) is 5.69 Å². The van der Waals surface area contributed by atoms with Gasteiger partial charge in [-0.3, -0.25) is 14.4 Å². The Labute approximate surface area is 158 Å². The molecule has 6 nitrogen and oxygen atoms in total. The van der Waals surface area contributed by atoms with Crippen LogP contribution in [0.3, 0.4) is 0 Å². The van der Waals surface area contributed by atoms with Gasteiger partial charge in [0.1, 0.15) is 6.54 Å². The van der Waals surface area contributed by atoms with Gasteiger partial charge in [0.25, 0.3) is 0 Å². The fourth-order valence-corrected chi connectivity index (χ4v) is 3.03. The molecule has 1 fully saturated rings. The summed E-state index contributed by atoms with van der Waals surface area (Å²) in [6.45, 7) is 4.96. The van der Waals surface area contributed by atoms with Gasteiger partial charge in [-0.1, -0.05) is 42.0 Å². The van der Waals surface area contributed by atoms with Gasteiger partial charge in [-0.2, -0.15) is 0 Å². The van der Waals surface area contributed by atoms with Gasteiger partial charge in [0.15, 0.2) is 0 Å². The molecule has 0 aliphatic carbocycles. The summed E-state index contributed by atoms with van der Waals surface area (Å²) >= 11 is 0. The van der Waals surface area contributed by atoms with E-state index < -0.39 is 11.8 Å². The maximum atomic E-state index is 12.4. The quantitative estimate of drug-likeness (QED) is 0.825. The van der Waals surface area contributed by atoms with Crippen LogP contribution in [-0.4, -0.2) is 47.2 Å². The zero-order valence-electron chi connectivity index (χ0n) is 15.6. The molecule has 140 valence electrons. The van der Waals surface area contributed by atoms with Crippen molar-refractivity contribution in [3.8, 4) is 0 Å². The second kappa shape index (κ2) is 8.03. The number of carbonyl (C=O) groups excluding carboxylic acids is 3. The van der Waals surface area contributed by atoms with Crippen LogP contribution in [-0.2, 0) is 20.9 Å². The number of piperazine rings is 1. The molecule has 0 spiro atoms. The van der Waals surface area contributed by atoms with E-state index in [0.29, 0.717) is 25.3 Å². The van der Waals surface area contributed by atoms with Crippen LogP contribution < -0.4 is 5.32 Å². The molecule has 2 aromatic carbocycles. The fraction of sp³-hybridized carbons (Fsp3) is 0.286. The highest BCUT2D eigenvalue weighted by molar-refractivity contribution is 6.35. The summed E-state index contributed by atoms with van der Waals surface area (Å²) in [6.07, 6.45) is 0. The van der Waals surface area contributed by atoms with Crippen molar-refractivity contribution in [3.05, 3.63) is 65.2 Å². The van der Waals surface area contributed by atoms with E-state index in [9.17, 15) is 14.4 Å². The summed E-state index contributed by atoms with van der Waals surface area (Å²) in [5.41, 5.74) is 3.83. The number of nitrogens with one attached hydrogen (secondary N) is 1. The predicted molar refractivity (Wildman–Crippen MR) is 103 cm³/mol. The molecule has 3 amide bonds. The van der Waals surface area contributed by atoms with E-state index in [1.807, 2.05) is 56.3 Å². The van der Waals surface area contributed by atoms with E-state index in [4.69, 9.17) is 0 Å². The summed E-state index contributed by atoms with van der Waals surface area (Å²) in [5.74, 6) is -1.51. The second-order valence-corrected chi connectivity index (χ2v) is 6.86. The molecule has 0 radical (unpaired) electrons. The van der Waals surface area contributed by atoms with Gasteiger partial charge >= 0.3 is 11.8 Å². The molecule has 3 rings (SSSR count). The van der Waals surface area contributed by atoms with Crippen molar-refractivity contribution >= 4 is 23.4 Å². The van der Waals surface area contributed by atoms with Crippen LogP contribution in [0.5, 0.6) is 0 Å². The maximum absolute atomic E-state index is 12.4. The Kier molecular flexibility index (Phi) is 5.54. The maximum Gasteiger partial charge on any atom is 0.312 e. The number of anilines is 1. The Bertz CT molecular complexity index is 861. The molecule has 2 aromatic rings. The number of nitrogens with zero attached hydrogens (tertiary/aromatic N) is 2. The molecule has 27 heavy (non-hydrogen) atoms. The minimum Gasteiger partial charge on any atom is -0.328 e. The SMILES string of the molecule is Cc1ccc(CN2CCN(CC(=O)Nc3cccc(C)c3)C(=O)C2=O)cc1. The Morgan fingerprint density at radius 3 is 2.30 bits per heavy atom. The average Bonchev–Trinajstić information content (AvgIpc) is 2.63. The van der Waals surface area contributed by atoms with Crippen LogP contribution in [0.2, 0.25) is 0 Å². The van der Waals surface area contributed by atoms with Crippen molar-refractivity contribution in [2.75, 3.05) is 25.0 Å². The Hall–Kier alpha value is -3.15. The van der Waals surface area contributed by atoms with E-state index in [1.165, 1.54) is 9.80 Å². The highest BCUT2D eigenvalue weighted by Crippen LogP contribution is 2.13. The third kappa shape index (κ3) is 4.73. The van der Waals surface area contributed by atoms with Crippen molar-refractivity contribution in [3.63, 3.8) is 0 Å². The molecular formula is C21H23N3O3. The Morgan fingerprint density at radius 2 is 1.59 bits per heavy atom. The molecule has 6 heteroatoms. The monoisotopic (exact) mass is 365 g/mol. The third-order valence-electron chi connectivity index (χ3n) is 4.53. The molecule has 1 aliphatic rings. The van der Waals surface area contributed by atoms with E-state index in [2.05, 4.69) is 5.32 Å². The van der Waals surface area contributed by atoms with Crippen molar-refractivity contribution in [2.24, 2.45) is 0 Å². The van der Waals surface area contributed by atoms with Gasteiger partial charge in [-0.05, 0) is 37.1 Å². The third-order valence-corrected chi connectivity index (χ3v) is 4.53. The van der Waals surface area contributed by atoms with E-state index in [-0.39, 0.29) is 12.5 Å². The lowest BCUT2D eigenvalue weighted by Crippen LogP contribution is -2.55. The number of benzene rings is 2. The minimum atomic E-state index is -0.632. The van der Waals surface area contributed by atoms with Gasteiger partial charge < -0.3 is 15.1 Å². The Morgan fingerprint density at radius 1 is 0.926 bits per heavy atom. The molecule has 1 heterocycles. The van der Waals surface area contributed by atoms with Gasteiger partial charge in [-0.25, -0.2) is 0 Å². The molecular weight excluding hydrogens is 342 g/mol. The van der Waals surface area contributed by atoms with Crippen LogP contribution in [0, 0.1) is 13.8 Å². The smallest absolute Gasteiger partial charge is 0.312 e. The first kappa shape index (κ1) is 18.6. The molecule has 0 unspecified atom stereocenters. The van der Waals surface area contributed by atoms with Gasteiger partial charge in [0, 0.05) is 25.3 Å². The number of carbonyl (C=O) groups is 3. The lowest BCUT2D eigenvalue weighted by Gasteiger charge is -2.33. The highest BCUT2D eigenvalue weighted by atomic mass is 16.2. The number of amides is 3. The summed E-state index contributed by atoms with van der Waals surface area (Å²) in [6, 6.07) is 15.3. The first-order chi connectivity index (χ1) is 12.9. The molecule has 1 aliphatic heterocycles. The average molecular weight is 365 g/mol. The van der Waals surface area contributed by atoms with Crippen LogP contribution >= 0.6 is 0 Å². The molecule has 1 saturated heterocycles. The van der Waals surface area contributed by atoms with Crippen molar-refractivity contribution < 1.29 is 14.4 Å². The molecule has 0 saturated carbocycles. The van der Waals surface area contributed by atoms with Gasteiger partial charge in [-0.15, -0.1) is 0 Å². The topological polar surface area (TPSA) is 69.7 Å². The number of hydrogen-bond donors (Lipinski definition) is 1. The number of aryl methyl sites for hydroxylation is 2. The van der Waals surface area contributed by atoms with E-state index in [0.717, 1.165) is 16.7 Å². The summed E-state index contributed by atoms with van der Waals surface area (Å²) < 4.78 is 0. The molecule has 0 bridgehead atoms. The van der Waals surface area contributed by atoms with Crippen molar-refractivity contribution in [1.29, 1.82) is 0 Å². The number of rotatable bonds is 5. The minimum absolute atomic E-state index is 0.128. The van der Waals surface area contributed by atoms with Crippen molar-refractivity contribution in [2.45, 2.75) is 20.4 Å².